The molecule has 0 unspecified atom stereocenters. The van der Waals surface area contributed by atoms with Gasteiger partial charge in [-0.2, -0.15) is 10.5 Å². The van der Waals surface area contributed by atoms with Crippen LogP contribution in [0.25, 0.3) is 32.7 Å². The van der Waals surface area contributed by atoms with Crippen LogP contribution in [0.1, 0.15) is 11.1 Å². The van der Waals surface area contributed by atoms with E-state index >= 15 is 0 Å². The smallest absolute Gasteiger partial charge is 0.410 e. The van der Waals surface area contributed by atoms with Gasteiger partial charge in [-0.25, -0.2) is 9.59 Å². The topological polar surface area (TPSA) is 124 Å². The first kappa shape index (κ1) is 24.1. The standard InChI is InChI=1S/C28H20N4O4/c1-3-31-27(33)35-23-11-7-19-13-17(15-29)5-9-21(19)25(23)26-22-10-6-18(16-30)14-20(22)8-12-24(26)36-28(34)32-4-2/h5-14H,1-4H2,(H,31,33)(H,32,34). The number of carbonyl (C=O) groups is 2. The minimum atomic E-state index is -0.705. The summed E-state index contributed by atoms with van der Waals surface area (Å²) >= 11 is 0. The van der Waals surface area contributed by atoms with Crippen LogP contribution < -0.4 is 20.1 Å². The molecule has 0 fully saturated rings. The Balaban J connectivity index is 2.08. The van der Waals surface area contributed by atoms with Crippen molar-refractivity contribution in [3.63, 3.8) is 0 Å². The minimum absolute atomic E-state index is 0.123. The van der Waals surface area contributed by atoms with Gasteiger partial charge in [0, 0.05) is 24.2 Å². The lowest BCUT2D eigenvalue weighted by molar-refractivity contribution is 0.200. The molecule has 0 atom stereocenters. The molecule has 8 nitrogen and oxygen atoms in total. The van der Waals surface area contributed by atoms with Gasteiger partial charge in [-0.1, -0.05) is 24.3 Å². The second-order valence-corrected chi connectivity index (χ2v) is 7.61. The van der Waals surface area contributed by atoms with E-state index in [1.54, 1.807) is 60.7 Å². The van der Waals surface area contributed by atoms with Gasteiger partial charge in [0.25, 0.3) is 0 Å². The van der Waals surface area contributed by atoms with Crippen LogP contribution in [0.5, 0.6) is 11.5 Å². The second-order valence-electron chi connectivity index (χ2n) is 7.61. The van der Waals surface area contributed by atoms with Gasteiger partial charge in [0.05, 0.1) is 23.3 Å². The van der Waals surface area contributed by atoms with E-state index in [4.69, 9.17) is 9.47 Å². The van der Waals surface area contributed by atoms with E-state index in [-0.39, 0.29) is 24.6 Å². The van der Waals surface area contributed by atoms with Crippen molar-refractivity contribution in [1.82, 2.24) is 10.6 Å². The highest BCUT2D eigenvalue weighted by Gasteiger charge is 2.22. The van der Waals surface area contributed by atoms with Crippen molar-refractivity contribution in [2.45, 2.75) is 0 Å². The quantitative estimate of drug-likeness (QED) is 0.405. The van der Waals surface area contributed by atoms with Crippen LogP contribution in [-0.4, -0.2) is 25.3 Å². The van der Waals surface area contributed by atoms with Crippen LogP contribution in [0.2, 0.25) is 0 Å². The average Bonchev–Trinajstić information content (AvgIpc) is 2.88. The Hall–Kier alpha value is -5.08. The third-order valence-corrected chi connectivity index (χ3v) is 5.42. The molecular formula is C28H20N4O4. The number of rotatable bonds is 5. The number of nitriles is 2. The van der Waals surface area contributed by atoms with Crippen molar-refractivity contribution >= 4 is 33.7 Å². The zero-order valence-electron chi connectivity index (χ0n) is 19.1. The number of carbonyl (C=O) groups excluding carboxylic acids is 2. The summed E-state index contributed by atoms with van der Waals surface area (Å²) < 4.78 is 11.3. The third kappa shape index (κ3) is 4.75. The minimum Gasteiger partial charge on any atom is -0.410 e. The van der Waals surface area contributed by atoms with Crippen LogP contribution in [-0.2, 0) is 0 Å². The lowest BCUT2D eigenvalue weighted by Gasteiger charge is -2.19. The monoisotopic (exact) mass is 476 g/mol. The molecule has 4 aromatic rings. The number of hydrogen-bond donors (Lipinski definition) is 2. The zero-order valence-corrected chi connectivity index (χ0v) is 19.1. The fourth-order valence-corrected chi connectivity index (χ4v) is 3.92. The number of amides is 2. The summed E-state index contributed by atoms with van der Waals surface area (Å²) in [7, 11) is 0. The number of benzene rings is 4. The number of nitrogens with one attached hydrogen (secondary N) is 2. The van der Waals surface area contributed by atoms with Crippen molar-refractivity contribution in [2.75, 3.05) is 13.1 Å². The van der Waals surface area contributed by atoms with E-state index in [0.717, 1.165) is 0 Å². The maximum Gasteiger partial charge on any atom is 0.412 e. The number of hydrogen-bond acceptors (Lipinski definition) is 6. The van der Waals surface area contributed by atoms with E-state index in [1.165, 1.54) is 0 Å². The van der Waals surface area contributed by atoms with Gasteiger partial charge in [-0.3, -0.25) is 0 Å². The zero-order chi connectivity index (χ0) is 25.7. The molecule has 0 bridgehead atoms. The summed E-state index contributed by atoms with van der Waals surface area (Å²) in [4.78, 5) is 24.7. The number of fused-ring (bicyclic) bond motifs is 2. The highest BCUT2D eigenvalue weighted by Crippen LogP contribution is 2.46. The molecule has 2 amide bonds. The van der Waals surface area contributed by atoms with Gasteiger partial charge in [0.2, 0.25) is 0 Å². The first-order chi connectivity index (χ1) is 17.5. The summed E-state index contributed by atoms with van der Waals surface area (Å²) in [6.07, 6.45) is -1.41. The molecule has 36 heavy (non-hydrogen) atoms. The molecular weight excluding hydrogens is 456 g/mol. The Morgan fingerprint density at radius 1 is 0.694 bits per heavy atom. The molecule has 8 heteroatoms. The Bertz CT molecular complexity index is 1460. The predicted octanol–water partition coefficient (Wildman–Crippen LogP) is 5.25. The van der Waals surface area contributed by atoms with Crippen LogP contribution in [0, 0.1) is 36.5 Å². The molecule has 0 aliphatic carbocycles. The molecule has 4 rings (SSSR count). The molecule has 176 valence electrons. The fourth-order valence-electron chi connectivity index (χ4n) is 3.92. The number of ether oxygens (including phenoxy) is 2. The van der Waals surface area contributed by atoms with Crippen LogP contribution >= 0.6 is 0 Å². The molecule has 0 saturated heterocycles. The normalized spacial score (nSPS) is 10.3. The molecule has 2 N–H and O–H groups in total. The highest BCUT2D eigenvalue weighted by molar-refractivity contribution is 6.10. The molecule has 0 heterocycles. The van der Waals surface area contributed by atoms with E-state index in [0.29, 0.717) is 43.8 Å². The summed E-state index contributed by atoms with van der Waals surface area (Å²) in [5.41, 5.74) is 1.87. The maximum atomic E-state index is 12.4. The van der Waals surface area contributed by atoms with Gasteiger partial charge in [0.15, 0.2) is 0 Å². The van der Waals surface area contributed by atoms with Crippen molar-refractivity contribution in [2.24, 2.45) is 0 Å². The lowest BCUT2D eigenvalue weighted by Crippen LogP contribution is -2.27. The SMILES string of the molecule is [CH2]CNC(=O)Oc1ccc2cc(C#N)ccc2c1-c1c(OC(=O)NC[CH2])ccc2cc(C#N)ccc12. The van der Waals surface area contributed by atoms with Crippen molar-refractivity contribution in [1.29, 1.82) is 10.5 Å². The number of nitrogens with zero attached hydrogens (tertiary/aromatic N) is 2. The lowest BCUT2D eigenvalue weighted by atomic mass is 9.91. The highest BCUT2D eigenvalue weighted by atomic mass is 16.6. The molecule has 0 spiro atoms. The second kappa shape index (κ2) is 10.5. The van der Waals surface area contributed by atoms with E-state index in [2.05, 4.69) is 36.6 Å². The first-order valence-corrected chi connectivity index (χ1v) is 10.9. The molecule has 0 aromatic heterocycles. The van der Waals surface area contributed by atoms with Gasteiger partial charge in [-0.05, 0) is 71.8 Å². The van der Waals surface area contributed by atoms with Crippen molar-refractivity contribution in [3.05, 3.63) is 85.6 Å². The maximum absolute atomic E-state index is 12.4. The summed E-state index contributed by atoms with van der Waals surface area (Å²) in [5.74, 6) is 0.412. The molecule has 2 radical (unpaired) electrons. The van der Waals surface area contributed by atoms with E-state index in [1.807, 2.05) is 0 Å². The first-order valence-electron chi connectivity index (χ1n) is 10.9. The molecule has 0 saturated carbocycles. The van der Waals surface area contributed by atoms with E-state index in [9.17, 15) is 20.1 Å². The summed E-state index contributed by atoms with van der Waals surface area (Å²) in [6.45, 7) is 7.45. The Morgan fingerprint density at radius 2 is 1.11 bits per heavy atom. The Morgan fingerprint density at radius 3 is 1.47 bits per heavy atom. The largest absolute Gasteiger partial charge is 0.412 e. The summed E-state index contributed by atoms with van der Waals surface area (Å²) in [6, 6.07) is 21.2. The van der Waals surface area contributed by atoms with Crippen LogP contribution in [0.3, 0.4) is 0 Å². The fraction of sp³-hybridized carbons (Fsp3) is 0.0714. The van der Waals surface area contributed by atoms with Gasteiger partial charge in [-0.15, -0.1) is 0 Å². The van der Waals surface area contributed by atoms with Gasteiger partial charge >= 0.3 is 12.2 Å². The van der Waals surface area contributed by atoms with Crippen LogP contribution in [0.15, 0.2) is 60.7 Å². The predicted molar refractivity (Wildman–Crippen MR) is 135 cm³/mol. The third-order valence-electron chi connectivity index (χ3n) is 5.42. The molecule has 0 aliphatic heterocycles. The Kier molecular flexibility index (Phi) is 6.99. The van der Waals surface area contributed by atoms with Gasteiger partial charge in [0.1, 0.15) is 11.5 Å². The Labute approximate surface area is 207 Å². The van der Waals surface area contributed by atoms with Crippen molar-refractivity contribution in [3.8, 4) is 34.8 Å². The summed E-state index contributed by atoms with van der Waals surface area (Å²) in [5, 5.41) is 26.5. The van der Waals surface area contributed by atoms with E-state index < -0.39 is 12.2 Å². The van der Waals surface area contributed by atoms with Crippen LogP contribution in [0.4, 0.5) is 9.59 Å². The van der Waals surface area contributed by atoms with Crippen molar-refractivity contribution < 1.29 is 19.1 Å². The van der Waals surface area contributed by atoms with Gasteiger partial charge < -0.3 is 20.1 Å². The molecule has 4 aromatic carbocycles. The average molecular weight is 476 g/mol. The molecule has 0 aliphatic rings.